The summed E-state index contributed by atoms with van der Waals surface area (Å²) in [4.78, 5) is 20.8. The van der Waals surface area contributed by atoms with Crippen LogP contribution in [0, 0.1) is 0 Å². The molecular weight excluding hydrogens is 378 g/mol. The molecule has 0 unspecified atom stereocenters. The van der Waals surface area contributed by atoms with Crippen molar-refractivity contribution >= 4 is 5.95 Å². The van der Waals surface area contributed by atoms with Gasteiger partial charge >= 0.3 is 0 Å². The van der Waals surface area contributed by atoms with E-state index in [0.717, 1.165) is 24.2 Å². The van der Waals surface area contributed by atoms with E-state index in [1.54, 1.807) is 12.3 Å². The number of nitrogens with two attached hydrogens (primary N) is 1. The van der Waals surface area contributed by atoms with Crippen molar-refractivity contribution in [3.8, 4) is 28.3 Å². The Bertz CT molecular complexity index is 1050. The van der Waals surface area contributed by atoms with E-state index < -0.39 is 0 Å². The average Bonchev–Trinajstić information content (AvgIpc) is 2.74. The molecular formula is C23H29N5O2. The van der Waals surface area contributed by atoms with Gasteiger partial charge in [0.1, 0.15) is 5.75 Å². The molecule has 0 bridgehead atoms. The van der Waals surface area contributed by atoms with Gasteiger partial charge in [-0.05, 0) is 38.5 Å². The first-order chi connectivity index (χ1) is 14.5. The molecule has 2 aromatic heterocycles. The molecule has 0 aliphatic heterocycles. The molecule has 0 aliphatic rings. The summed E-state index contributed by atoms with van der Waals surface area (Å²) in [6, 6.07) is 10.9. The van der Waals surface area contributed by atoms with Crippen LogP contribution in [0.25, 0.3) is 22.5 Å². The van der Waals surface area contributed by atoms with Crippen molar-refractivity contribution in [3.05, 3.63) is 52.9 Å². The second kappa shape index (κ2) is 10.0. The predicted molar refractivity (Wildman–Crippen MR) is 119 cm³/mol. The van der Waals surface area contributed by atoms with E-state index in [0.29, 0.717) is 23.6 Å². The highest BCUT2D eigenvalue weighted by atomic mass is 16.5. The van der Waals surface area contributed by atoms with E-state index in [2.05, 4.69) is 22.0 Å². The lowest BCUT2D eigenvalue weighted by molar-refractivity contribution is 0.306. The Morgan fingerprint density at radius 3 is 2.63 bits per heavy atom. The Morgan fingerprint density at radius 1 is 1.07 bits per heavy atom. The Balaban J connectivity index is 2.01. The van der Waals surface area contributed by atoms with Crippen molar-refractivity contribution in [3.63, 3.8) is 0 Å². The Hall–Kier alpha value is -3.22. The lowest BCUT2D eigenvalue weighted by atomic mass is 10.0. The minimum Gasteiger partial charge on any atom is -0.493 e. The molecule has 7 nitrogen and oxygen atoms in total. The first kappa shape index (κ1) is 21.5. The maximum Gasteiger partial charge on any atom is 0.267 e. The van der Waals surface area contributed by atoms with E-state index >= 15 is 0 Å². The van der Waals surface area contributed by atoms with Gasteiger partial charge in [-0.3, -0.25) is 4.79 Å². The van der Waals surface area contributed by atoms with Gasteiger partial charge in [-0.2, -0.15) is 5.10 Å². The second-order valence-electron chi connectivity index (χ2n) is 7.49. The van der Waals surface area contributed by atoms with E-state index in [4.69, 9.17) is 10.5 Å². The molecule has 2 heterocycles. The molecule has 0 radical (unpaired) electrons. The normalized spacial score (nSPS) is 11.1. The van der Waals surface area contributed by atoms with Crippen LogP contribution in [0.2, 0.25) is 0 Å². The number of hydrogen-bond acceptors (Lipinski definition) is 6. The summed E-state index contributed by atoms with van der Waals surface area (Å²) in [7, 11) is 0. The minimum atomic E-state index is -0.150. The van der Waals surface area contributed by atoms with Crippen LogP contribution in [0.4, 0.5) is 5.95 Å². The molecule has 3 aromatic rings. The van der Waals surface area contributed by atoms with Gasteiger partial charge in [0.2, 0.25) is 5.95 Å². The molecule has 3 rings (SSSR count). The first-order valence-electron chi connectivity index (χ1n) is 10.5. The molecule has 158 valence electrons. The maximum atomic E-state index is 12.1. The molecule has 0 atom stereocenters. The zero-order valence-corrected chi connectivity index (χ0v) is 17.8. The van der Waals surface area contributed by atoms with Crippen LogP contribution >= 0.6 is 0 Å². The second-order valence-corrected chi connectivity index (χ2v) is 7.49. The van der Waals surface area contributed by atoms with E-state index in [1.165, 1.54) is 23.6 Å². The fourth-order valence-electron chi connectivity index (χ4n) is 3.23. The molecule has 2 N–H and O–H groups in total. The van der Waals surface area contributed by atoms with Crippen molar-refractivity contribution in [2.24, 2.45) is 0 Å². The third-order valence-electron chi connectivity index (χ3n) is 4.80. The summed E-state index contributed by atoms with van der Waals surface area (Å²) in [5.41, 5.74) is 8.52. The first-order valence-corrected chi connectivity index (χ1v) is 10.5. The van der Waals surface area contributed by atoms with Crippen LogP contribution in [0.15, 0.2) is 47.4 Å². The van der Waals surface area contributed by atoms with Crippen LogP contribution in [-0.4, -0.2) is 26.4 Å². The molecule has 0 spiro atoms. The van der Waals surface area contributed by atoms with Crippen LogP contribution in [0.3, 0.4) is 0 Å². The van der Waals surface area contributed by atoms with E-state index in [9.17, 15) is 4.79 Å². The molecule has 0 amide bonds. The highest BCUT2D eigenvalue weighted by Gasteiger charge is 2.17. The van der Waals surface area contributed by atoms with E-state index in [1.807, 2.05) is 38.1 Å². The largest absolute Gasteiger partial charge is 0.493 e. The number of hydrogen-bond donors (Lipinski definition) is 1. The fourth-order valence-corrected chi connectivity index (χ4v) is 3.23. The number of rotatable bonds is 9. The smallest absolute Gasteiger partial charge is 0.267 e. The summed E-state index contributed by atoms with van der Waals surface area (Å²) in [6.07, 6.45) is 6.18. The average molecular weight is 408 g/mol. The molecule has 0 fully saturated rings. The summed E-state index contributed by atoms with van der Waals surface area (Å²) in [5, 5.41) is 4.53. The van der Waals surface area contributed by atoms with Crippen molar-refractivity contribution in [2.75, 3.05) is 12.3 Å². The van der Waals surface area contributed by atoms with Gasteiger partial charge in [0.15, 0.2) is 0 Å². The van der Waals surface area contributed by atoms with Gasteiger partial charge in [-0.25, -0.2) is 14.6 Å². The number of para-hydroxylation sites is 1. The molecule has 30 heavy (non-hydrogen) atoms. The number of ether oxygens (including phenoxy) is 1. The lowest BCUT2D eigenvalue weighted by Crippen LogP contribution is -2.24. The highest BCUT2D eigenvalue weighted by molar-refractivity contribution is 5.81. The van der Waals surface area contributed by atoms with Gasteiger partial charge in [0, 0.05) is 23.4 Å². The minimum absolute atomic E-state index is 0.0608. The fraction of sp³-hybridized carbons (Fsp3) is 0.391. The SMILES string of the molecule is CCCCCCOc1ccccc1-c1nc(N)ncc1-c1ccc(=O)n(C(C)C)n1. The standard InChI is InChI=1S/C23H29N5O2/c1-4-5-6-9-14-30-20-11-8-7-10-17(20)22-18(15-25-23(24)26-22)19-12-13-21(29)28(27-19)16(2)3/h7-8,10-13,15-16H,4-6,9,14H2,1-3H3,(H2,24,25,26). The number of nitrogen functional groups attached to an aromatic ring is 1. The Labute approximate surface area is 177 Å². The summed E-state index contributed by atoms with van der Waals surface area (Å²) in [5.74, 6) is 0.911. The van der Waals surface area contributed by atoms with Crippen LogP contribution < -0.4 is 16.0 Å². The van der Waals surface area contributed by atoms with Crippen LogP contribution in [0.1, 0.15) is 52.5 Å². The number of unbranched alkanes of at least 4 members (excludes halogenated alkanes) is 3. The third-order valence-corrected chi connectivity index (χ3v) is 4.80. The zero-order valence-electron chi connectivity index (χ0n) is 17.8. The van der Waals surface area contributed by atoms with Gasteiger partial charge in [-0.15, -0.1) is 0 Å². The quantitative estimate of drug-likeness (QED) is 0.525. The van der Waals surface area contributed by atoms with Gasteiger partial charge in [0.25, 0.3) is 5.56 Å². The number of aromatic nitrogens is 4. The highest BCUT2D eigenvalue weighted by Crippen LogP contribution is 2.35. The van der Waals surface area contributed by atoms with Crippen LogP contribution in [-0.2, 0) is 0 Å². The molecule has 0 saturated heterocycles. The lowest BCUT2D eigenvalue weighted by Gasteiger charge is -2.15. The molecule has 1 aromatic carbocycles. The topological polar surface area (TPSA) is 95.9 Å². The maximum absolute atomic E-state index is 12.1. The van der Waals surface area contributed by atoms with Gasteiger partial charge in [-0.1, -0.05) is 38.3 Å². The van der Waals surface area contributed by atoms with Crippen LogP contribution in [0.5, 0.6) is 5.75 Å². The van der Waals surface area contributed by atoms with Crippen molar-refractivity contribution in [1.29, 1.82) is 0 Å². The number of anilines is 1. The monoisotopic (exact) mass is 407 g/mol. The zero-order chi connectivity index (χ0) is 21.5. The number of nitrogens with zero attached hydrogens (tertiary/aromatic N) is 4. The predicted octanol–water partition coefficient (Wildman–Crippen LogP) is 4.49. The van der Waals surface area contributed by atoms with Gasteiger partial charge < -0.3 is 10.5 Å². The summed E-state index contributed by atoms with van der Waals surface area (Å²) < 4.78 is 7.52. The Kier molecular flexibility index (Phi) is 7.17. The van der Waals surface area contributed by atoms with E-state index in [-0.39, 0.29) is 17.5 Å². The van der Waals surface area contributed by atoms with Crippen molar-refractivity contribution in [2.45, 2.75) is 52.5 Å². The van der Waals surface area contributed by atoms with Gasteiger partial charge in [0.05, 0.1) is 24.0 Å². The molecule has 0 saturated carbocycles. The number of benzene rings is 1. The molecule has 7 heteroatoms. The summed E-state index contributed by atoms with van der Waals surface area (Å²) >= 11 is 0. The van der Waals surface area contributed by atoms with Crippen molar-refractivity contribution < 1.29 is 4.74 Å². The Morgan fingerprint density at radius 2 is 1.87 bits per heavy atom. The third kappa shape index (κ3) is 5.03. The molecule has 0 aliphatic carbocycles. The van der Waals surface area contributed by atoms with Crippen molar-refractivity contribution in [1.82, 2.24) is 19.7 Å². The summed E-state index contributed by atoms with van der Waals surface area (Å²) in [6.45, 7) is 6.66.